The average Bonchev–Trinajstić information content (AvgIpc) is 3.45. The molecule has 0 saturated heterocycles. The Morgan fingerprint density at radius 1 is 0.882 bits per heavy atom. The van der Waals surface area contributed by atoms with Gasteiger partial charge in [0, 0.05) is 18.3 Å². The first-order valence-corrected chi connectivity index (χ1v) is 11.9. The lowest BCUT2D eigenvalue weighted by Gasteiger charge is -2.32. The van der Waals surface area contributed by atoms with E-state index in [-0.39, 0.29) is 12.0 Å². The van der Waals surface area contributed by atoms with Crippen LogP contribution < -0.4 is 0 Å². The molecule has 3 aromatic carbocycles. The standard InChI is InChI=1S/C27H21Cl2N5/c1-17-25(26(34-24(31-17)13-14-30-34)19-11-12-20(28)21(29)15-19)27-32-22-9-5-6-10-23(22)33(27)16-18-7-3-2-4-8-18/h2-15,25-26H,16H2,1H3. The largest absolute Gasteiger partial charge is 0.323 e. The molecule has 0 amide bonds. The first-order valence-electron chi connectivity index (χ1n) is 11.1. The van der Waals surface area contributed by atoms with Crippen molar-refractivity contribution in [3.05, 3.63) is 112 Å². The van der Waals surface area contributed by atoms with E-state index in [1.807, 2.05) is 41.1 Å². The fourth-order valence-electron chi connectivity index (χ4n) is 4.85. The number of benzene rings is 3. The molecule has 0 spiro atoms. The summed E-state index contributed by atoms with van der Waals surface area (Å²) in [5.74, 6) is 1.62. The van der Waals surface area contributed by atoms with Gasteiger partial charge in [-0.15, -0.1) is 0 Å². The van der Waals surface area contributed by atoms with Crippen LogP contribution in [0.25, 0.3) is 11.0 Å². The van der Waals surface area contributed by atoms with Gasteiger partial charge in [0.05, 0.1) is 39.2 Å². The Balaban J connectivity index is 1.58. The number of hydrogen-bond acceptors (Lipinski definition) is 3. The van der Waals surface area contributed by atoms with Crippen LogP contribution in [0.2, 0.25) is 10.0 Å². The fourth-order valence-corrected chi connectivity index (χ4v) is 5.16. The van der Waals surface area contributed by atoms with Crippen molar-refractivity contribution in [2.24, 2.45) is 4.99 Å². The molecule has 168 valence electrons. The first-order chi connectivity index (χ1) is 16.6. The van der Waals surface area contributed by atoms with Crippen molar-refractivity contribution in [1.29, 1.82) is 0 Å². The second-order valence-corrected chi connectivity index (χ2v) is 9.33. The van der Waals surface area contributed by atoms with Gasteiger partial charge in [-0.2, -0.15) is 5.10 Å². The molecule has 2 aromatic heterocycles. The zero-order chi connectivity index (χ0) is 23.2. The minimum atomic E-state index is -0.163. The predicted molar refractivity (Wildman–Crippen MR) is 138 cm³/mol. The molecule has 0 bridgehead atoms. The van der Waals surface area contributed by atoms with Crippen LogP contribution in [0, 0.1) is 0 Å². The number of aliphatic imine (C=N–C) groups is 1. The molecule has 7 heteroatoms. The second kappa shape index (κ2) is 8.42. The molecular formula is C27H21Cl2N5. The summed E-state index contributed by atoms with van der Waals surface area (Å²) in [7, 11) is 0. The van der Waals surface area contributed by atoms with E-state index in [9.17, 15) is 0 Å². The van der Waals surface area contributed by atoms with Gasteiger partial charge in [-0.05, 0) is 42.3 Å². The predicted octanol–water partition coefficient (Wildman–Crippen LogP) is 7.07. The zero-order valence-corrected chi connectivity index (χ0v) is 19.9. The Kier molecular flexibility index (Phi) is 5.24. The van der Waals surface area contributed by atoms with Crippen molar-refractivity contribution in [2.75, 3.05) is 0 Å². The summed E-state index contributed by atoms with van der Waals surface area (Å²) in [6, 6.07) is 26.3. The van der Waals surface area contributed by atoms with Crippen LogP contribution in [0.4, 0.5) is 5.82 Å². The number of rotatable bonds is 4. The molecular weight excluding hydrogens is 465 g/mol. The van der Waals surface area contributed by atoms with Gasteiger partial charge < -0.3 is 4.57 Å². The third-order valence-electron chi connectivity index (χ3n) is 6.40. The maximum absolute atomic E-state index is 6.45. The first kappa shape index (κ1) is 21.1. The summed E-state index contributed by atoms with van der Waals surface area (Å²) in [5, 5.41) is 5.69. The molecule has 0 aliphatic carbocycles. The summed E-state index contributed by atoms with van der Waals surface area (Å²) in [6.45, 7) is 2.78. The van der Waals surface area contributed by atoms with Gasteiger partial charge in [-0.25, -0.2) is 14.7 Å². The van der Waals surface area contributed by atoms with Crippen LogP contribution in [0.5, 0.6) is 0 Å². The van der Waals surface area contributed by atoms with E-state index in [2.05, 4.69) is 59.1 Å². The average molecular weight is 486 g/mol. The second-order valence-electron chi connectivity index (χ2n) is 8.51. The van der Waals surface area contributed by atoms with Crippen molar-refractivity contribution in [2.45, 2.75) is 25.4 Å². The van der Waals surface area contributed by atoms with E-state index in [4.69, 9.17) is 33.2 Å². The molecule has 5 aromatic rings. The number of para-hydroxylation sites is 2. The lowest BCUT2D eigenvalue weighted by atomic mass is 9.87. The third kappa shape index (κ3) is 3.52. The van der Waals surface area contributed by atoms with Crippen molar-refractivity contribution in [3.8, 4) is 0 Å². The highest BCUT2D eigenvalue weighted by molar-refractivity contribution is 6.42. The maximum atomic E-state index is 6.45. The van der Waals surface area contributed by atoms with Gasteiger partial charge >= 0.3 is 0 Å². The van der Waals surface area contributed by atoms with Crippen molar-refractivity contribution in [3.63, 3.8) is 0 Å². The summed E-state index contributed by atoms with van der Waals surface area (Å²) in [5.41, 5.74) is 5.25. The van der Waals surface area contributed by atoms with Gasteiger partial charge in [-0.1, -0.05) is 71.7 Å². The van der Waals surface area contributed by atoms with E-state index in [1.165, 1.54) is 5.56 Å². The Morgan fingerprint density at radius 2 is 1.68 bits per heavy atom. The molecule has 6 rings (SSSR count). The van der Waals surface area contributed by atoms with Crippen molar-refractivity contribution >= 4 is 45.8 Å². The maximum Gasteiger partial charge on any atom is 0.150 e. The monoisotopic (exact) mass is 485 g/mol. The quantitative estimate of drug-likeness (QED) is 0.273. The number of nitrogens with zero attached hydrogens (tertiary/aromatic N) is 5. The SMILES string of the molecule is CC1=Nc2ccnn2C(c2ccc(Cl)c(Cl)c2)C1c1nc2ccccc2n1Cc1ccccc1. The van der Waals surface area contributed by atoms with E-state index < -0.39 is 0 Å². The molecule has 5 nitrogen and oxygen atoms in total. The van der Waals surface area contributed by atoms with E-state index in [0.717, 1.165) is 34.0 Å². The highest BCUT2D eigenvalue weighted by atomic mass is 35.5. The van der Waals surface area contributed by atoms with Gasteiger partial charge in [-0.3, -0.25) is 0 Å². The van der Waals surface area contributed by atoms with Crippen LogP contribution >= 0.6 is 23.2 Å². The normalized spacial score (nSPS) is 17.6. The Morgan fingerprint density at radius 3 is 2.50 bits per heavy atom. The molecule has 34 heavy (non-hydrogen) atoms. The highest BCUT2D eigenvalue weighted by Gasteiger charge is 2.37. The minimum absolute atomic E-state index is 0.138. The number of imidazole rings is 1. The summed E-state index contributed by atoms with van der Waals surface area (Å²) >= 11 is 12.7. The summed E-state index contributed by atoms with van der Waals surface area (Å²) < 4.78 is 4.26. The molecule has 0 saturated carbocycles. The Bertz CT molecular complexity index is 1530. The summed E-state index contributed by atoms with van der Waals surface area (Å²) in [4.78, 5) is 10.0. The van der Waals surface area contributed by atoms with E-state index in [0.29, 0.717) is 16.6 Å². The lowest BCUT2D eigenvalue weighted by Crippen LogP contribution is -2.30. The Hall–Kier alpha value is -3.41. The van der Waals surface area contributed by atoms with Crippen LogP contribution in [0.15, 0.2) is 90.1 Å². The molecule has 1 aliphatic rings. The van der Waals surface area contributed by atoms with Gasteiger partial charge in [0.1, 0.15) is 5.82 Å². The molecule has 0 fully saturated rings. The zero-order valence-electron chi connectivity index (χ0n) is 18.4. The van der Waals surface area contributed by atoms with Gasteiger partial charge in [0.2, 0.25) is 0 Å². The van der Waals surface area contributed by atoms with Crippen molar-refractivity contribution in [1.82, 2.24) is 19.3 Å². The van der Waals surface area contributed by atoms with Gasteiger partial charge in [0.25, 0.3) is 0 Å². The number of aromatic nitrogens is 4. The summed E-state index contributed by atoms with van der Waals surface area (Å²) in [6.07, 6.45) is 1.78. The molecule has 2 atom stereocenters. The van der Waals surface area contributed by atoms with Crippen LogP contribution in [-0.4, -0.2) is 25.0 Å². The van der Waals surface area contributed by atoms with E-state index >= 15 is 0 Å². The van der Waals surface area contributed by atoms with Gasteiger partial charge in [0.15, 0.2) is 5.82 Å². The fraction of sp³-hybridized carbons (Fsp3) is 0.148. The number of hydrogen-bond donors (Lipinski definition) is 0. The topological polar surface area (TPSA) is 48.0 Å². The number of fused-ring (bicyclic) bond motifs is 2. The molecule has 3 heterocycles. The third-order valence-corrected chi connectivity index (χ3v) is 7.14. The molecule has 2 unspecified atom stereocenters. The molecule has 1 aliphatic heterocycles. The van der Waals surface area contributed by atoms with Crippen LogP contribution in [0.1, 0.15) is 35.8 Å². The van der Waals surface area contributed by atoms with Crippen LogP contribution in [-0.2, 0) is 6.54 Å². The molecule has 0 N–H and O–H groups in total. The highest BCUT2D eigenvalue weighted by Crippen LogP contribution is 2.43. The Labute approximate surface area is 207 Å². The van der Waals surface area contributed by atoms with Crippen LogP contribution in [0.3, 0.4) is 0 Å². The minimum Gasteiger partial charge on any atom is -0.323 e. The van der Waals surface area contributed by atoms with E-state index in [1.54, 1.807) is 6.20 Å². The van der Waals surface area contributed by atoms with Crippen molar-refractivity contribution < 1.29 is 0 Å². The lowest BCUT2D eigenvalue weighted by molar-refractivity contribution is 0.467. The smallest absolute Gasteiger partial charge is 0.150 e. The number of halogens is 2. The molecule has 0 radical (unpaired) electrons.